The van der Waals surface area contributed by atoms with E-state index in [-0.39, 0.29) is 0 Å². The van der Waals surface area contributed by atoms with E-state index in [0.29, 0.717) is 12.5 Å². The van der Waals surface area contributed by atoms with Gasteiger partial charge in [-0.1, -0.05) is 19.4 Å². The Labute approximate surface area is 124 Å². The minimum Gasteiger partial charge on any atom is -0.371 e. The van der Waals surface area contributed by atoms with Gasteiger partial charge < -0.3 is 10.2 Å². The van der Waals surface area contributed by atoms with Crippen LogP contribution in [0.2, 0.25) is 0 Å². The van der Waals surface area contributed by atoms with Crippen molar-refractivity contribution in [1.82, 2.24) is 5.32 Å². The van der Waals surface area contributed by atoms with Gasteiger partial charge in [0.2, 0.25) is 0 Å². The number of alkyl halides is 3. The van der Waals surface area contributed by atoms with E-state index in [4.69, 9.17) is 0 Å². The molecule has 0 bridgehead atoms. The van der Waals surface area contributed by atoms with Crippen LogP contribution in [-0.4, -0.2) is 20.1 Å². The molecule has 1 aliphatic heterocycles. The quantitative estimate of drug-likeness (QED) is 0.902. The van der Waals surface area contributed by atoms with Crippen LogP contribution in [0.5, 0.6) is 0 Å². The molecule has 2 nitrogen and oxygen atoms in total. The van der Waals surface area contributed by atoms with Gasteiger partial charge in [0.05, 0.1) is 5.56 Å². The Morgan fingerprint density at radius 2 is 1.90 bits per heavy atom. The van der Waals surface area contributed by atoms with Crippen molar-refractivity contribution in [3.63, 3.8) is 0 Å². The second-order valence-electron chi connectivity index (χ2n) is 5.71. The monoisotopic (exact) mass is 300 g/mol. The lowest BCUT2D eigenvalue weighted by atomic mass is 9.93. The van der Waals surface area contributed by atoms with Gasteiger partial charge in [0, 0.05) is 25.3 Å². The fraction of sp³-hybridized carbons (Fsp3) is 0.625. The molecule has 1 fully saturated rings. The fourth-order valence-electron chi connectivity index (χ4n) is 2.96. The Kier molecular flexibility index (Phi) is 5.14. The van der Waals surface area contributed by atoms with Crippen LogP contribution in [0.25, 0.3) is 0 Å². The first kappa shape index (κ1) is 16.1. The summed E-state index contributed by atoms with van der Waals surface area (Å²) in [6.07, 6.45) is -1.01. The maximum absolute atomic E-state index is 12.9. The van der Waals surface area contributed by atoms with Gasteiger partial charge in [-0.15, -0.1) is 0 Å². The zero-order valence-electron chi connectivity index (χ0n) is 12.6. The summed E-state index contributed by atoms with van der Waals surface area (Å²) < 4.78 is 38.8. The highest BCUT2D eigenvalue weighted by atomic mass is 19.4. The summed E-state index contributed by atoms with van der Waals surface area (Å²) in [6.45, 7) is 4.45. The number of hydrogen-bond acceptors (Lipinski definition) is 2. The lowest BCUT2D eigenvalue weighted by molar-refractivity contribution is -0.137. The maximum atomic E-state index is 12.9. The number of nitrogens with one attached hydrogen (secondary N) is 1. The van der Waals surface area contributed by atoms with Gasteiger partial charge >= 0.3 is 6.18 Å². The van der Waals surface area contributed by atoms with Gasteiger partial charge in [0.1, 0.15) is 0 Å². The Bertz CT molecular complexity index is 463. The minimum atomic E-state index is -4.28. The van der Waals surface area contributed by atoms with Crippen molar-refractivity contribution in [2.45, 2.75) is 38.9 Å². The molecule has 1 aromatic rings. The van der Waals surface area contributed by atoms with E-state index < -0.39 is 11.7 Å². The largest absolute Gasteiger partial charge is 0.416 e. The standard InChI is InChI=1S/C16H23F3N2/c1-3-12-6-8-21(9-7-12)15-10-14(16(17,18)19)5-4-13(15)11-20-2/h4-5,10,12,20H,3,6-9,11H2,1-2H3. The summed E-state index contributed by atoms with van der Waals surface area (Å²) >= 11 is 0. The Hall–Kier alpha value is -1.23. The molecule has 118 valence electrons. The van der Waals surface area contributed by atoms with Crippen molar-refractivity contribution >= 4 is 5.69 Å². The number of hydrogen-bond donors (Lipinski definition) is 1. The molecule has 1 saturated heterocycles. The van der Waals surface area contributed by atoms with E-state index >= 15 is 0 Å². The second kappa shape index (κ2) is 6.69. The smallest absolute Gasteiger partial charge is 0.371 e. The lowest BCUT2D eigenvalue weighted by Gasteiger charge is -2.35. The number of piperidine rings is 1. The molecule has 0 amide bonds. The fourth-order valence-corrected chi connectivity index (χ4v) is 2.96. The lowest BCUT2D eigenvalue weighted by Crippen LogP contribution is -2.34. The molecule has 1 aromatic carbocycles. The van der Waals surface area contributed by atoms with Crippen molar-refractivity contribution in [2.24, 2.45) is 5.92 Å². The first-order valence-corrected chi connectivity index (χ1v) is 7.55. The molecule has 1 N–H and O–H groups in total. The van der Waals surface area contributed by atoms with Crippen molar-refractivity contribution in [3.05, 3.63) is 29.3 Å². The summed E-state index contributed by atoms with van der Waals surface area (Å²) in [5.41, 5.74) is 1.10. The average molecular weight is 300 g/mol. The van der Waals surface area contributed by atoms with Gasteiger partial charge in [-0.3, -0.25) is 0 Å². The summed E-state index contributed by atoms with van der Waals surface area (Å²) in [7, 11) is 1.81. The predicted octanol–water partition coefficient (Wildman–Crippen LogP) is 4.05. The Morgan fingerprint density at radius 3 is 2.43 bits per heavy atom. The Morgan fingerprint density at radius 1 is 1.24 bits per heavy atom. The highest BCUT2D eigenvalue weighted by molar-refractivity contribution is 5.56. The summed E-state index contributed by atoms with van der Waals surface area (Å²) in [4.78, 5) is 2.11. The van der Waals surface area contributed by atoms with Gasteiger partial charge in [-0.2, -0.15) is 13.2 Å². The number of halogens is 3. The molecule has 0 radical (unpaired) electrons. The van der Waals surface area contributed by atoms with Crippen molar-refractivity contribution in [3.8, 4) is 0 Å². The molecule has 21 heavy (non-hydrogen) atoms. The zero-order chi connectivity index (χ0) is 15.5. The van der Waals surface area contributed by atoms with Crippen molar-refractivity contribution in [2.75, 3.05) is 25.0 Å². The number of nitrogens with zero attached hydrogens (tertiary/aromatic N) is 1. The topological polar surface area (TPSA) is 15.3 Å². The number of anilines is 1. The Balaban J connectivity index is 2.26. The second-order valence-corrected chi connectivity index (χ2v) is 5.71. The molecule has 0 atom stereocenters. The molecule has 0 saturated carbocycles. The maximum Gasteiger partial charge on any atom is 0.416 e. The van der Waals surface area contributed by atoms with E-state index in [1.165, 1.54) is 12.1 Å². The highest BCUT2D eigenvalue weighted by Crippen LogP contribution is 2.35. The molecule has 1 aliphatic rings. The predicted molar refractivity (Wildman–Crippen MR) is 79.4 cm³/mol. The van der Waals surface area contributed by atoms with E-state index in [0.717, 1.165) is 43.6 Å². The first-order chi connectivity index (χ1) is 9.95. The van der Waals surface area contributed by atoms with Gasteiger partial charge in [0.15, 0.2) is 0 Å². The highest BCUT2D eigenvalue weighted by Gasteiger charge is 2.32. The third-order valence-corrected chi connectivity index (χ3v) is 4.31. The molecular weight excluding hydrogens is 277 g/mol. The first-order valence-electron chi connectivity index (χ1n) is 7.55. The van der Waals surface area contributed by atoms with Crippen LogP contribution in [-0.2, 0) is 12.7 Å². The van der Waals surface area contributed by atoms with Crippen LogP contribution in [0.3, 0.4) is 0 Å². The normalized spacial score (nSPS) is 17.3. The van der Waals surface area contributed by atoms with Crippen LogP contribution in [0.4, 0.5) is 18.9 Å². The molecule has 0 aliphatic carbocycles. The van der Waals surface area contributed by atoms with Gasteiger partial charge in [-0.25, -0.2) is 0 Å². The molecule has 5 heteroatoms. The van der Waals surface area contributed by atoms with E-state index in [1.807, 2.05) is 7.05 Å². The van der Waals surface area contributed by atoms with Crippen LogP contribution in [0, 0.1) is 5.92 Å². The molecular formula is C16H23F3N2. The van der Waals surface area contributed by atoms with Crippen molar-refractivity contribution in [1.29, 1.82) is 0 Å². The van der Waals surface area contributed by atoms with Crippen molar-refractivity contribution < 1.29 is 13.2 Å². The van der Waals surface area contributed by atoms with Crippen LogP contribution < -0.4 is 10.2 Å². The minimum absolute atomic E-state index is 0.560. The molecule has 0 aromatic heterocycles. The SMILES string of the molecule is CCC1CCN(c2cc(C(F)(F)F)ccc2CNC)CC1. The van der Waals surface area contributed by atoms with Gasteiger partial charge in [-0.05, 0) is 43.5 Å². The molecule has 0 unspecified atom stereocenters. The van der Waals surface area contributed by atoms with Crippen LogP contribution in [0.15, 0.2) is 18.2 Å². The summed E-state index contributed by atoms with van der Waals surface area (Å²) in [6, 6.07) is 4.08. The summed E-state index contributed by atoms with van der Waals surface area (Å²) in [5.74, 6) is 0.708. The van der Waals surface area contributed by atoms with Gasteiger partial charge in [0.25, 0.3) is 0 Å². The van der Waals surface area contributed by atoms with E-state index in [9.17, 15) is 13.2 Å². The third kappa shape index (κ3) is 3.90. The van der Waals surface area contributed by atoms with Crippen LogP contribution in [0.1, 0.15) is 37.3 Å². The molecule has 1 heterocycles. The summed E-state index contributed by atoms with van der Waals surface area (Å²) in [5, 5.41) is 3.03. The van der Waals surface area contributed by atoms with Crippen LogP contribution >= 0.6 is 0 Å². The molecule has 2 rings (SSSR count). The third-order valence-electron chi connectivity index (χ3n) is 4.31. The van der Waals surface area contributed by atoms with E-state index in [2.05, 4.69) is 17.1 Å². The average Bonchev–Trinajstić information content (AvgIpc) is 2.47. The number of benzene rings is 1. The van der Waals surface area contributed by atoms with E-state index in [1.54, 1.807) is 6.07 Å². The molecule has 0 spiro atoms. The zero-order valence-corrected chi connectivity index (χ0v) is 12.6. The number of rotatable bonds is 4.